The molecule has 2 aromatic carbocycles. The van der Waals surface area contributed by atoms with E-state index in [1.165, 1.54) is 11.8 Å². The number of thiazole rings is 1. The van der Waals surface area contributed by atoms with Gasteiger partial charge in [-0.3, -0.25) is 4.79 Å². The van der Waals surface area contributed by atoms with Crippen LogP contribution in [0.3, 0.4) is 0 Å². The van der Waals surface area contributed by atoms with E-state index in [9.17, 15) is 27.5 Å². The first-order valence-electron chi connectivity index (χ1n) is 13.7. The van der Waals surface area contributed by atoms with E-state index in [4.69, 9.17) is 19.3 Å². The fourth-order valence-electron chi connectivity index (χ4n) is 4.28. The molecule has 1 amide bonds. The molecule has 0 saturated carbocycles. The van der Waals surface area contributed by atoms with Crippen molar-refractivity contribution in [1.29, 1.82) is 0 Å². The molecule has 17 heteroatoms. The highest BCUT2D eigenvalue weighted by atomic mass is 32.2. The van der Waals surface area contributed by atoms with E-state index in [0.29, 0.717) is 33.0 Å². The smallest absolute Gasteiger partial charge is 0.328 e. The van der Waals surface area contributed by atoms with Gasteiger partial charge in [-0.25, -0.2) is 32.4 Å². The Balaban J connectivity index is 1.41. The van der Waals surface area contributed by atoms with Gasteiger partial charge < -0.3 is 24.6 Å². The first kappa shape index (κ1) is 33.7. The molecule has 2 aromatic heterocycles. The molecule has 0 aliphatic carbocycles. The second kappa shape index (κ2) is 14.7. The molecule has 0 aliphatic rings. The summed E-state index contributed by atoms with van der Waals surface area (Å²) in [5.74, 6) is -0.497. The molecule has 0 aliphatic heterocycles. The molecule has 45 heavy (non-hydrogen) atoms. The van der Waals surface area contributed by atoms with E-state index in [1.54, 1.807) is 48.7 Å². The lowest BCUT2D eigenvalue weighted by molar-refractivity contribution is -0.145. The van der Waals surface area contributed by atoms with Crippen LogP contribution in [-0.2, 0) is 37.4 Å². The normalized spacial score (nSPS) is 13.8. The Bertz CT molecular complexity index is 1730. The average Bonchev–Trinajstić information content (AvgIpc) is 3.65. The van der Waals surface area contributed by atoms with Gasteiger partial charge in [0.15, 0.2) is 0 Å². The van der Waals surface area contributed by atoms with Gasteiger partial charge in [0, 0.05) is 6.42 Å². The molecular weight excluding hydrogens is 631 g/mol. The quantitative estimate of drug-likeness (QED) is 0.157. The third-order valence-corrected chi connectivity index (χ3v) is 8.84. The lowest BCUT2D eigenvalue weighted by Gasteiger charge is -2.23. The summed E-state index contributed by atoms with van der Waals surface area (Å²) in [6, 6.07) is 9.67. The largest absolute Gasteiger partial charge is 0.491 e. The molecule has 0 saturated heterocycles. The van der Waals surface area contributed by atoms with Gasteiger partial charge in [-0.1, -0.05) is 31.2 Å². The van der Waals surface area contributed by atoms with Crippen molar-refractivity contribution >= 4 is 43.5 Å². The first-order valence-corrected chi connectivity index (χ1v) is 16.0. The predicted molar refractivity (Wildman–Crippen MR) is 161 cm³/mol. The summed E-state index contributed by atoms with van der Waals surface area (Å²) in [4.78, 5) is 30.1. The molecule has 2 heterocycles. The van der Waals surface area contributed by atoms with E-state index in [0.717, 1.165) is 11.3 Å². The van der Waals surface area contributed by atoms with Gasteiger partial charge in [-0.15, -0.1) is 16.4 Å². The maximum atomic E-state index is 13.5. The van der Waals surface area contributed by atoms with Crippen LogP contribution in [0.2, 0.25) is 0 Å². The maximum Gasteiger partial charge on any atom is 0.328 e. The molecule has 4 aromatic rings. The molecule has 0 spiro atoms. The number of rotatable bonds is 15. The number of halogens is 1. The number of nitrogens with one attached hydrogen (secondary N) is 1. The van der Waals surface area contributed by atoms with Crippen molar-refractivity contribution < 1.29 is 41.7 Å². The number of hydrogen-bond donors (Lipinski definition) is 3. The van der Waals surface area contributed by atoms with Crippen molar-refractivity contribution in [2.24, 2.45) is 11.1 Å². The number of aliphatic hydroxyl groups is 1. The van der Waals surface area contributed by atoms with Gasteiger partial charge in [-0.05, 0) is 41.8 Å². The van der Waals surface area contributed by atoms with Crippen LogP contribution in [0.5, 0.6) is 11.5 Å². The van der Waals surface area contributed by atoms with E-state index in [-0.39, 0.29) is 29.9 Å². The predicted octanol–water partition coefficient (Wildman–Crippen LogP) is 1.92. The van der Waals surface area contributed by atoms with Gasteiger partial charge in [0.05, 0.1) is 23.5 Å². The number of aromatic nitrogens is 4. The average molecular weight is 665 g/mol. The fourth-order valence-corrected chi connectivity index (χ4v) is 5.97. The van der Waals surface area contributed by atoms with Crippen molar-refractivity contribution in [3.8, 4) is 11.5 Å². The number of sulfonamides is 1. The molecule has 4 rings (SSSR count). The molecule has 4 N–H and O–H groups in total. The van der Waals surface area contributed by atoms with Gasteiger partial charge in [0.1, 0.15) is 55.3 Å². The lowest BCUT2D eigenvalue weighted by atomic mass is 10.0. The van der Waals surface area contributed by atoms with Crippen LogP contribution in [-0.4, -0.2) is 77.9 Å². The Kier molecular flexibility index (Phi) is 11.0. The first-order chi connectivity index (χ1) is 21.4. The monoisotopic (exact) mass is 664 g/mol. The standard InChI is InChI=1S/C28H33FN6O8S2/c1-16(2)25(26(37)31-23(27(38)41-3)10-17-4-6-20(7-5-17)43-15-19(36)12-29)35-13-18(33-34-35)14-42-21-8-9-22-24(11-21)44-28(32-22)45(30,39)40/h4-9,11,13,16,19,23,25,36H,10,12,14-15H2,1-3H3,(H,31,37)(H2,30,39,40)/t19?,23-,25-/m0/s1. The lowest BCUT2D eigenvalue weighted by Crippen LogP contribution is -2.47. The minimum Gasteiger partial charge on any atom is -0.491 e. The summed E-state index contributed by atoms with van der Waals surface area (Å²) in [5, 5.41) is 25.5. The van der Waals surface area contributed by atoms with Crippen molar-refractivity contribution in [3.63, 3.8) is 0 Å². The van der Waals surface area contributed by atoms with E-state index in [1.807, 2.05) is 13.8 Å². The van der Waals surface area contributed by atoms with Crippen LogP contribution >= 0.6 is 11.3 Å². The Morgan fingerprint density at radius 3 is 2.49 bits per heavy atom. The number of nitrogens with two attached hydrogens (primary N) is 1. The zero-order chi connectivity index (χ0) is 32.7. The van der Waals surface area contributed by atoms with Crippen molar-refractivity contribution in [2.45, 2.75) is 49.4 Å². The van der Waals surface area contributed by atoms with Crippen LogP contribution < -0.4 is 19.9 Å². The number of alkyl halides is 1. The summed E-state index contributed by atoms with van der Waals surface area (Å²) in [6.45, 7) is 2.55. The van der Waals surface area contributed by atoms with E-state index >= 15 is 0 Å². The molecule has 1 unspecified atom stereocenters. The number of carbonyl (C=O) groups excluding carboxylic acids is 2. The maximum absolute atomic E-state index is 13.5. The highest BCUT2D eigenvalue weighted by molar-refractivity contribution is 7.91. The minimum atomic E-state index is -3.92. The third-order valence-electron chi connectivity index (χ3n) is 6.50. The minimum absolute atomic E-state index is 0.00994. The Hall–Kier alpha value is -4.19. The Labute approximate surface area is 262 Å². The number of benzene rings is 2. The highest BCUT2D eigenvalue weighted by Crippen LogP contribution is 2.28. The molecule has 242 valence electrons. The van der Waals surface area contributed by atoms with Crippen LogP contribution in [0.15, 0.2) is 53.0 Å². The molecule has 0 bridgehead atoms. The van der Waals surface area contributed by atoms with Crippen LogP contribution in [0.4, 0.5) is 4.39 Å². The molecule has 14 nitrogen and oxygen atoms in total. The summed E-state index contributed by atoms with van der Waals surface area (Å²) in [6.07, 6.45) is 0.469. The van der Waals surface area contributed by atoms with Crippen molar-refractivity contribution in [1.82, 2.24) is 25.3 Å². The number of esters is 1. The van der Waals surface area contributed by atoms with E-state index in [2.05, 4.69) is 20.6 Å². The summed E-state index contributed by atoms with van der Waals surface area (Å²) < 4.78 is 53.5. The summed E-state index contributed by atoms with van der Waals surface area (Å²) in [7, 11) is -2.70. The van der Waals surface area contributed by atoms with Crippen LogP contribution in [0.25, 0.3) is 10.2 Å². The highest BCUT2D eigenvalue weighted by Gasteiger charge is 2.30. The number of primary sulfonamides is 1. The number of ether oxygens (including phenoxy) is 3. The second-order valence-electron chi connectivity index (χ2n) is 10.4. The topological polar surface area (TPSA) is 198 Å². The molecule has 0 fully saturated rings. The van der Waals surface area contributed by atoms with E-state index < -0.39 is 46.8 Å². The summed E-state index contributed by atoms with van der Waals surface area (Å²) >= 11 is 0.928. The van der Waals surface area contributed by atoms with Crippen LogP contribution in [0, 0.1) is 5.92 Å². The van der Waals surface area contributed by atoms with Gasteiger partial charge in [0.2, 0.25) is 10.2 Å². The zero-order valence-electron chi connectivity index (χ0n) is 24.6. The molecular formula is C28H33FN6O8S2. The Morgan fingerprint density at radius 2 is 1.84 bits per heavy atom. The van der Waals surface area contributed by atoms with Gasteiger partial charge in [0.25, 0.3) is 10.0 Å². The number of amides is 1. The Morgan fingerprint density at radius 1 is 1.13 bits per heavy atom. The summed E-state index contributed by atoms with van der Waals surface area (Å²) in [5.41, 5.74) is 1.59. The zero-order valence-corrected chi connectivity index (χ0v) is 26.3. The number of nitrogens with zero attached hydrogens (tertiary/aromatic N) is 4. The molecule has 3 atom stereocenters. The number of carbonyl (C=O) groups is 2. The SMILES string of the molecule is COC(=O)[C@H](Cc1ccc(OCC(O)CF)cc1)NC(=O)[C@H](C(C)C)n1cc(COc2ccc3nc(S(N)(=O)=O)sc3c2)nn1. The third kappa shape index (κ3) is 8.93. The number of hydrogen-bond acceptors (Lipinski definition) is 12. The number of fused-ring (bicyclic) bond motifs is 1. The number of methoxy groups -OCH3 is 1. The fraction of sp³-hybridized carbons (Fsp3) is 0.393. The second-order valence-corrected chi connectivity index (χ2v) is 13.1. The van der Waals surface area contributed by atoms with Crippen LogP contribution in [0.1, 0.15) is 31.1 Å². The van der Waals surface area contributed by atoms with Gasteiger partial charge >= 0.3 is 5.97 Å². The molecule has 0 radical (unpaired) electrons. The van der Waals surface area contributed by atoms with Crippen molar-refractivity contribution in [2.75, 3.05) is 20.4 Å². The van der Waals surface area contributed by atoms with Gasteiger partial charge in [-0.2, -0.15) is 0 Å². The number of aliphatic hydroxyl groups excluding tert-OH is 1. The van der Waals surface area contributed by atoms with Crippen molar-refractivity contribution in [3.05, 3.63) is 59.9 Å².